The van der Waals surface area contributed by atoms with Gasteiger partial charge in [0.15, 0.2) is 5.76 Å². The van der Waals surface area contributed by atoms with Gasteiger partial charge in [0, 0.05) is 25.7 Å². The van der Waals surface area contributed by atoms with Gasteiger partial charge in [0.1, 0.15) is 0 Å². The number of carbonyl (C=O) groups is 1. The number of hydrogen-bond acceptors (Lipinski definition) is 5. The van der Waals surface area contributed by atoms with Crippen molar-refractivity contribution in [2.45, 2.75) is 13.5 Å². The number of likely N-dealkylation sites (tertiary alicyclic amines) is 1. The molecule has 106 valence electrons. The summed E-state index contributed by atoms with van der Waals surface area (Å²) in [6.07, 6.45) is 1.58. The number of aromatic nitrogens is 1. The Labute approximate surface area is 116 Å². The first-order chi connectivity index (χ1) is 9.63. The summed E-state index contributed by atoms with van der Waals surface area (Å²) in [5, 5.41) is 13.1. The minimum Gasteiger partial charge on any atom is -0.481 e. The van der Waals surface area contributed by atoms with Gasteiger partial charge in [0.25, 0.3) is 0 Å². The molecule has 0 saturated carbocycles. The molecule has 6 nitrogen and oxygen atoms in total. The summed E-state index contributed by atoms with van der Waals surface area (Å²) < 4.78 is 10.5. The fraction of sp³-hybridized carbons (Fsp3) is 0.429. The van der Waals surface area contributed by atoms with Gasteiger partial charge in [-0.2, -0.15) is 0 Å². The van der Waals surface area contributed by atoms with Crippen molar-refractivity contribution in [3.63, 3.8) is 0 Å². The molecular formula is C14H16N2O4. The van der Waals surface area contributed by atoms with E-state index in [1.54, 1.807) is 12.3 Å². The van der Waals surface area contributed by atoms with Gasteiger partial charge in [-0.15, -0.1) is 0 Å². The maximum absolute atomic E-state index is 11.1. The first-order valence-corrected chi connectivity index (χ1v) is 6.58. The van der Waals surface area contributed by atoms with E-state index in [4.69, 9.17) is 14.0 Å². The SMILES string of the molecule is C[C@@H]1CN(Cc2cc(-c3ccco3)on2)C[C@H]1C(=O)O. The molecule has 1 aliphatic rings. The van der Waals surface area contributed by atoms with Crippen molar-refractivity contribution in [3.8, 4) is 11.5 Å². The molecule has 1 fully saturated rings. The Morgan fingerprint density at radius 3 is 3.00 bits per heavy atom. The Morgan fingerprint density at radius 2 is 2.35 bits per heavy atom. The van der Waals surface area contributed by atoms with Crippen LogP contribution in [0.1, 0.15) is 12.6 Å². The largest absolute Gasteiger partial charge is 0.481 e. The Kier molecular flexibility index (Phi) is 3.31. The fourth-order valence-electron chi connectivity index (χ4n) is 2.67. The van der Waals surface area contributed by atoms with E-state index in [0.29, 0.717) is 24.6 Å². The minimum atomic E-state index is -0.726. The van der Waals surface area contributed by atoms with Crippen molar-refractivity contribution < 1.29 is 18.8 Å². The van der Waals surface area contributed by atoms with Gasteiger partial charge < -0.3 is 14.0 Å². The third kappa shape index (κ3) is 2.46. The molecule has 0 spiro atoms. The van der Waals surface area contributed by atoms with Gasteiger partial charge in [0.05, 0.1) is 17.9 Å². The van der Waals surface area contributed by atoms with E-state index in [1.165, 1.54) is 0 Å². The van der Waals surface area contributed by atoms with Gasteiger partial charge >= 0.3 is 5.97 Å². The van der Waals surface area contributed by atoms with E-state index in [-0.39, 0.29) is 11.8 Å². The van der Waals surface area contributed by atoms with Crippen LogP contribution in [-0.2, 0) is 11.3 Å². The molecule has 1 aliphatic heterocycles. The van der Waals surface area contributed by atoms with Gasteiger partial charge in [-0.25, -0.2) is 0 Å². The van der Waals surface area contributed by atoms with Crippen LogP contribution in [0.15, 0.2) is 33.4 Å². The fourth-order valence-corrected chi connectivity index (χ4v) is 2.67. The van der Waals surface area contributed by atoms with Crippen LogP contribution >= 0.6 is 0 Å². The second-order valence-corrected chi connectivity index (χ2v) is 5.28. The summed E-state index contributed by atoms with van der Waals surface area (Å²) in [5.74, 6) is 0.362. The molecule has 0 aliphatic carbocycles. The second-order valence-electron chi connectivity index (χ2n) is 5.28. The monoisotopic (exact) mass is 276 g/mol. The molecule has 0 aromatic carbocycles. The Balaban J connectivity index is 1.66. The molecule has 2 aromatic rings. The molecule has 2 aromatic heterocycles. The van der Waals surface area contributed by atoms with E-state index >= 15 is 0 Å². The highest BCUT2D eigenvalue weighted by Gasteiger charge is 2.34. The van der Waals surface area contributed by atoms with E-state index in [2.05, 4.69) is 10.1 Å². The van der Waals surface area contributed by atoms with Crippen LogP contribution in [0.2, 0.25) is 0 Å². The average Bonchev–Trinajstić information content (AvgIpc) is 3.09. The maximum atomic E-state index is 11.1. The molecule has 1 saturated heterocycles. The molecule has 6 heteroatoms. The predicted octanol–water partition coefficient (Wildman–Crippen LogP) is 2.09. The van der Waals surface area contributed by atoms with E-state index in [0.717, 1.165) is 12.2 Å². The third-order valence-electron chi connectivity index (χ3n) is 3.71. The molecule has 20 heavy (non-hydrogen) atoms. The minimum absolute atomic E-state index is 0.156. The lowest BCUT2D eigenvalue weighted by molar-refractivity contribution is -0.142. The number of hydrogen-bond donors (Lipinski definition) is 1. The normalized spacial score (nSPS) is 23.2. The second kappa shape index (κ2) is 5.13. The van der Waals surface area contributed by atoms with Crippen LogP contribution in [0.25, 0.3) is 11.5 Å². The van der Waals surface area contributed by atoms with Gasteiger partial charge in [-0.1, -0.05) is 12.1 Å². The number of carboxylic acids is 1. The summed E-state index contributed by atoms with van der Waals surface area (Å²) in [7, 11) is 0. The quantitative estimate of drug-likeness (QED) is 0.921. The highest BCUT2D eigenvalue weighted by atomic mass is 16.5. The lowest BCUT2D eigenvalue weighted by Gasteiger charge is -2.12. The first kappa shape index (κ1) is 12.9. The first-order valence-electron chi connectivity index (χ1n) is 6.58. The topological polar surface area (TPSA) is 79.7 Å². The molecule has 3 rings (SSSR count). The van der Waals surface area contributed by atoms with Crippen molar-refractivity contribution >= 4 is 5.97 Å². The molecule has 0 radical (unpaired) electrons. The highest BCUT2D eigenvalue weighted by molar-refractivity contribution is 5.71. The standard InChI is InChI=1S/C14H16N2O4/c1-9-6-16(8-11(9)14(17)18)7-10-5-13(20-15-10)12-3-2-4-19-12/h2-5,9,11H,6-8H2,1H3,(H,17,18)/t9-,11-/m1/s1. The van der Waals surface area contributed by atoms with Crippen LogP contribution in [-0.4, -0.2) is 34.2 Å². The van der Waals surface area contributed by atoms with Gasteiger partial charge in [-0.3, -0.25) is 9.69 Å². The number of nitrogens with zero attached hydrogens (tertiary/aromatic N) is 2. The smallest absolute Gasteiger partial charge is 0.308 e. The van der Waals surface area contributed by atoms with Crippen molar-refractivity contribution in [3.05, 3.63) is 30.2 Å². The summed E-state index contributed by atoms with van der Waals surface area (Å²) in [6.45, 7) is 3.88. The molecule has 0 amide bonds. The van der Waals surface area contributed by atoms with E-state index < -0.39 is 5.97 Å². The number of carboxylic acid groups (broad SMARTS) is 1. The summed E-state index contributed by atoms with van der Waals surface area (Å²) in [4.78, 5) is 13.2. The summed E-state index contributed by atoms with van der Waals surface area (Å²) in [6, 6.07) is 5.43. The molecule has 2 atom stereocenters. The van der Waals surface area contributed by atoms with Gasteiger partial charge in [-0.05, 0) is 18.1 Å². The van der Waals surface area contributed by atoms with E-state index in [1.807, 2.05) is 19.1 Å². The number of furan rings is 1. The summed E-state index contributed by atoms with van der Waals surface area (Å²) >= 11 is 0. The van der Waals surface area contributed by atoms with Crippen molar-refractivity contribution in [2.24, 2.45) is 11.8 Å². The maximum Gasteiger partial charge on any atom is 0.308 e. The van der Waals surface area contributed by atoms with Crippen molar-refractivity contribution in [1.82, 2.24) is 10.1 Å². The third-order valence-corrected chi connectivity index (χ3v) is 3.71. The zero-order valence-corrected chi connectivity index (χ0v) is 11.2. The van der Waals surface area contributed by atoms with Crippen molar-refractivity contribution in [1.29, 1.82) is 0 Å². The van der Waals surface area contributed by atoms with Crippen LogP contribution in [0.4, 0.5) is 0 Å². The highest BCUT2D eigenvalue weighted by Crippen LogP contribution is 2.26. The van der Waals surface area contributed by atoms with E-state index in [9.17, 15) is 4.79 Å². The molecule has 0 unspecified atom stereocenters. The zero-order valence-electron chi connectivity index (χ0n) is 11.2. The molecule has 3 heterocycles. The Hall–Kier alpha value is -2.08. The van der Waals surface area contributed by atoms with Crippen molar-refractivity contribution in [2.75, 3.05) is 13.1 Å². The molecule has 0 bridgehead atoms. The Bertz CT molecular complexity index is 590. The van der Waals surface area contributed by atoms with Crippen LogP contribution in [0, 0.1) is 11.8 Å². The Morgan fingerprint density at radius 1 is 1.50 bits per heavy atom. The van der Waals surface area contributed by atoms with Gasteiger partial charge in [0.2, 0.25) is 5.76 Å². The predicted molar refractivity (Wildman–Crippen MR) is 69.8 cm³/mol. The van der Waals surface area contributed by atoms with Crippen LogP contribution < -0.4 is 0 Å². The lowest BCUT2D eigenvalue weighted by Crippen LogP contribution is -2.23. The number of aliphatic carboxylic acids is 1. The zero-order chi connectivity index (χ0) is 14.1. The number of rotatable bonds is 4. The lowest BCUT2D eigenvalue weighted by atomic mass is 9.99. The summed E-state index contributed by atoms with van der Waals surface area (Å²) in [5.41, 5.74) is 0.787. The van der Waals surface area contributed by atoms with Crippen LogP contribution in [0.5, 0.6) is 0 Å². The van der Waals surface area contributed by atoms with Crippen LogP contribution in [0.3, 0.4) is 0 Å². The molecular weight excluding hydrogens is 260 g/mol. The molecule has 1 N–H and O–H groups in total. The average molecular weight is 276 g/mol.